The number of rotatable bonds is 0. The van der Waals surface area contributed by atoms with Gasteiger partial charge in [-0.05, 0) is 73.0 Å². The molecule has 4 aliphatic carbocycles. The number of aliphatic hydroxyl groups excluding tert-OH is 2. The lowest BCUT2D eigenvalue weighted by Gasteiger charge is -2.60. The number of hydrogen-bond donors (Lipinski definition) is 2. The molecule has 0 radical (unpaired) electrons. The van der Waals surface area contributed by atoms with Gasteiger partial charge in [0.2, 0.25) is 0 Å². The Hall–Kier alpha value is -0.410. The Bertz CT molecular complexity index is 489. The average Bonchev–Trinajstić information content (AvgIpc) is 2.76. The van der Waals surface area contributed by atoms with E-state index >= 15 is 0 Å². The van der Waals surface area contributed by atoms with Crippen LogP contribution in [0.25, 0.3) is 0 Å². The van der Waals surface area contributed by atoms with Crippen molar-refractivity contribution in [3.8, 4) is 0 Å². The second-order valence-corrected chi connectivity index (χ2v) is 9.32. The molecule has 3 heteroatoms. The molecule has 3 nitrogen and oxygen atoms in total. The van der Waals surface area contributed by atoms with Crippen molar-refractivity contribution in [2.24, 2.45) is 34.5 Å². The predicted molar refractivity (Wildman–Crippen MR) is 84.1 cm³/mol. The van der Waals surface area contributed by atoms with E-state index in [0.29, 0.717) is 36.4 Å². The molecule has 0 amide bonds. The summed E-state index contributed by atoms with van der Waals surface area (Å²) < 4.78 is 0. The van der Waals surface area contributed by atoms with Crippen molar-refractivity contribution in [3.63, 3.8) is 0 Å². The van der Waals surface area contributed by atoms with Gasteiger partial charge < -0.3 is 10.2 Å². The van der Waals surface area contributed by atoms with E-state index in [0.717, 1.165) is 25.7 Å². The van der Waals surface area contributed by atoms with Crippen LogP contribution >= 0.6 is 0 Å². The van der Waals surface area contributed by atoms with Gasteiger partial charge in [0.1, 0.15) is 5.78 Å². The van der Waals surface area contributed by atoms with E-state index in [2.05, 4.69) is 13.8 Å². The summed E-state index contributed by atoms with van der Waals surface area (Å²) in [6.45, 7) is 4.70. The van der Waals surface area contributed by atoms with E-state index in [1.807, 2.05) is 0 Å². The molecule has 0 aromatic carbocycles. The zero-order chi connectivity index (χ0) is 15.7. The maximum Gasteiger partial charge on any atom is 0.133 e. The molecule has 124 valence electrons. The summed E-state index contributed by atoms with van der Waals surface area (Å²) in [6.07, 6.45) is 6.92. The Morgan fingerprint density at radius 1 is 1.05 bits per heavy atom. The van der Waals surface area contributed by atoms with Gasteiger partial charge in [0.15, 0.2) is 0 Å². The van der Waals surface area contributed by atoms with Crippen LogP contribution in [0.15, 0.2) is 0 Å². The lowest BCUT2D eigenvalue weighted by molar-refractivity contribution is -0.162. The van der Waals surface area contributed by atoms with Crippen LogP contribution in [0.5, 0.6) is 0 Å². The molecular weight excluding hydrogens is 276 g/mol. The summed E-state index contributed by atoms with van der Waals surface area (Å²) in [5.74, 6) is 2.26. The standard InChI is InChI=1S/C19H30O3/c1-18-5-4-14-13(15(18)8-12(21)10-18)9-17(22)16-7-11(20)3-6-19(14,16)2/h12-17,21-22H,3-10H2,1-2H3/t12-,13-,14+,15+,16+,17-,18+,19+/m0/s1. The van der Waals surface area contributed by atoms with Gasteiger partial charge in [-0.15, -0.1) is 0 Å². The fraction of sp³-hybridized carbons (Fsp3) is 0.947. The maximum atomic E-state index is 11.9. The van der Waals surface area contributed by atoms with Gasteiger partial charge >= 0.3 is 0 Å². The lowest BCUT2D eigenvalue weighted by Crippen LogP contribution is -2.57. The Morgan fingerprint density at radius 2 is 1.82 bits per heavy atom. The fourth-order valence-corrected chi connectivity index (χ4v) is 7.11. The van der Waals surface area contributed by atoms with Crippen LogP contribution in [-0.2, 0) is 4.79 Å². The van der Waals surface area contributed by atoms with Crippen LogP contribution < -0.4 is 0 Å². The van der Waals surface area contributed by atoms with Crippen molar-refractivity contribution in [2.75, 3.05) is 0 Å². The van der Waals surface area contributed by atoms with Gasteiger partial charge in [-0.1, -0.05) is 13.8 Å². The van der Waals surface area contributed by atoms with Gasteiger partial charge in [0, 0.05) is 12.8 Å². The third-order valence-electron chi connectivity index (χ3n) is 8.25. The SMILES string of the molecule is C[C@]12CC[C@@H]3[C@H](C[C@H](O)[C@H]4CC(=O)CC[C@]34C)[C@H]1C[C@H](O)C2. The average molecular weight is 306 g/mol. The molecule has 4 saturated carbocycles. The maximum absolute atomic E-state index is 11.9. The summed E-state index contributed by atoms with van der Waals surface area (Å²) in [7, 11) is 0. The van der Waals surface area contributed by atoms with E-state index in [1.54, 1.807) is 0 Å². The van der Waals surface area contributed by atoms with E-state index in [1.165, 1.54) is 12.8 Å². The van der Waals surface area contributed by atoms with Crippen molar-refractivity contribution in [3.05, 3.63) is 0 Å². The first kappa shape index (κ1) is 15.1. The minimum Gasteiger partial charge on any atom is -0.393 e. The summed E-state index contributed by atoms with van der Waals surface area (Å²) in [6, 6.07) is 0. The highest BCUT2D eigenvalue weighted by molar-refractivity contribution is 5.79. The van der Waals surface area contributed by atoms with Crippen LogP contribution in [-0.4, -0.2) is 28.2 Å². The van der Waals surface area contributed by atoms with Gasteiger partial charge in [0.25, 0.3) is 0 Å². The van der Waals surface area contributed by atoms with Gasteiger partial charge in [-0.25, -0.2) is 0 Å². The van der Waals surface area contributed by atoms with Crippen LogP contribution in [0, 0.1) is 34.5 Å². The zero-order valence-corrected chi connectivity index (χ0v) is 13.9. The number of aliphatic hydroxyl groups is 2. The van der Waals surface area contributed by atoms with Crippen LogP contribution in [0.1, 0.15) is 65.2 Å². The smallest absolute Gasteiger partial charge is 0.133 e. The number of ketones is 1. The summed E-state index contributed by atoms with van der Waals surface area (Å²) in [5, 5.41) is 21.0. The van der Waals surface area contributed by atoms with Crippen molar-refractivity contribution in [1.82, 2.24) is 0 Å². The normalized spacial score (nSPS) is 57.9. The van der Waals surface area contributed by atoms with Crippen molar-refractivity contribution < 1.29 is 15.0 Å². The van der Waals surface area contributed by atoms with Crippen molar-refractivity contribution in [1.29, 1.82) is 0 Å². The summed E-state index contributed by atoms with van der Waals surface area (Å²) >= 11 is 0. The van der Waals surface area contributed by atoms with E-state index in [4.69, 9.17) is 0 Å². The monoisotopic (exact) mass is 306 g/mol. The Kier molecular flexibility index (Phi) is 3.30. The van der Waals surface area contributed by atoms with E-state index < -0.39 is 0 Å². The molecule has 4 aliphatic rings. The highest BCUT2D eigenvalue weighted by atomic mass is 16.3. The number of hydrogen-bond acceptors (Lipinski definition) is 3. The molecule has 2 N–H and O–H groups in total. The molecule has 4 fully saturated rings. The molecule has 0 spiro atoms. The molecule has 8 atom stereocenters. The third-order valence-corrected chi connectivity index (χ3v) is 8.25. The first-order valence-electron chi connectivity index (χ1n) is 9.21. The summed E-state index contributed by atoms with van der Waals surface area (Å²) in [4.78, 5) is 11.9. The minimum atomic E-state index is -0.324. The molecule has 22 heavy (non-hydrogen) atoms. The van der Waals surface area contributed by atoms with Gasteiger partial charge in [-0.2, -0.15) is 0 Å². The molecule has 0 unspecified atom stereocenters. The fourth-order valence-electron chi connectivity index (χ4n) is 7.11. The number of Topliss-reactive ketones (excluding diaryl/α,β-unsaturated/α-hetero) is 1. The molecule has 0 heterocycles. The second kappa shape index (κ2) is 4.80. The highest BCUT2D eigenvalue weighted by Gasteiger charge is 2.61. The molecule has 0 aromatic rings. The van der Waals surface area contributed by atoms with Crippen LogP contribution in [0.4, 0.5) is 0 Å². The second-order valence-electron chi connectivity index (χ2n) is 9.32. The largest absolute Gasteiger partial charge is 0.393 e. The molecule has 4 rings (SSSR count). The predicted octanol–water partition coefficient (Wildman–Crippen LogP) is 2.93. The molecule has 0 aromatic heterocycles. The third kappa shape index (κ3) is 1.97. The van der Waals surface area contributed by atoms with Crippen LogP contribution in [0.2, 0.25) is 0 Å². The Balaban J connectivity index is 1.67. The number of fused-ring (bicyclic) bond motifs is 5. The first-order chi connectivity index (χ1) is 10.3. The van der Waals surface area contributed by atoms with Crippen molar-refractivity contribution in [2.45, 2.75) is 77.4 Å². The van der Waals surface area contributed by atoms with Crippen LogP contribution in [0.3, 0.4) is 0 Å². The topological polar surface area (TPSA) is 57.5 Å². The minimum absolute atomic E-state index is 0.130. The van der Waals surface area contributed by atoms with Crippen molar-refractivity contribution >= 4 is 5.78 Å². The Labute approximate surface area is 133 Å². The zero-order valence-electron chi connectivity index (χ0n) is 13.9. The number of carbonyl (C=O) groups excluding carboxylic acids is 1. The molecule has 0 bridgehead atoms. The van der Waals surface area contributed by atoms with Gasteiger partial charge in [0.05, 0.1) is 12.2 Å². The summed E-state index contributed by atoms with van der Waals surface area (Å²) in [5.41, 5.74) is 0.402. The quantitative estimate of drug-likeness (QED) is 0.723. The Morgan fingerprint density at radius 3 is 2.59 bits per heavy atom. The first-order valence-corrected chi connectivity index (χ1v) is 9.21. The number of carbonyl (C=O) groups is 1. The van der Waals surface area contributed by atoms with E-state index in [-0.39, 0.29) is 29.0 Å². The molecule has 0 saturated heterocycles. The van der Waals surface area contributed by atoms with Gasteiger partial charge in [-0.3, -0.25) is 4.79 Å². The highest BCUT2D eigenvalue weighted by Crippen LogP contribution is 2.65. The lowest BCUT2D eigenvalue weighted by atomic mass is 9.45. The molecule has 0 aliphatic heterocycles. The van der Waals surface area contributed by atoms with E-state index in [9.17, 15) is 15.0 Å². The molecular formula is C19H30O3.